The molecule has 2 aromatic heterocycles. The van der Waals surface area contributed by atoms with E-state index in [1.165, 1.54) is 6.26 Å². The van der Waals surface area contributed by atoms with Crippen molar-refractivity contribution in [3.05, 3.63) is 42.0 Å². The molecule has 100 valence electrons. The normalized spacial score (nSPS) is 11.9. The third-order valence-electron chi connectivity index (χ3n) is 2.51. The standard InChI is InChI=1S/C13H15N3O3/c1-3-18-12(17)11-8-19-13(16-11)15-9(2)10-5-4-6-14-7-10/h4-9H,3H2,1-2H3,(H,15,16). The number of nitrogens with one attached hydrogen (secondary N) is 1. The van der Waals surface area contributed by atoms with Crippen LogP contribution in [0.15, 0.2) is 35.2 Å². The number of esters is 1. The first-order valence-electron chi connectivity index (χ1n) is 5.99. The summed E-state index contributed by atoms with van der Waals surface area (Å²) in [6, 6.07) is 4.05. The molecule has 2 aromatic rings. The van der Waals surface area contributed by atoms with Crippen LogP contribution >= 0.6 is 0 Å². The zero-order chi connectivity index (χ0) is 13.7. The van der Waals surface area contributed by atoms with Crippen LogP contribution in [-0.4, -0.2) is 22.5 Å². The Labute approximate surface area is 110 Å². The molecule has 0 bridgehead atoms. The molecule has 0 aliphatic rings. The molecular formula is C13H15N3O3. The molecule has 0 fully saturated rings. The van der Waals surface area contributed by atoms with Gasteiger partial charge in [0.1, 0.15) is 6.26 Å². The maximum atomic E-state index is 11.4. The fourth-order valence-electron chi connectivity index (χ4n) is 1.54. The summed E-state index contributed by atoms with van der Waals surface area (Å²) in [5.74, 6) is -0.492. The monoisotopic (exact) mass is 261 g/mol. The molecule has 0 saturated carbocycles. The van der Waals surface area contributed by atoms with Gasteiger partial charge in [-0.2, -0.15) is 4.98 Å². The van der Waals surface area contributed by atoms with E-state index in [-0.39, 0.29) is 17.8 Å². The number of hydrogen-bond acceptors (Lipinski definition) is 6. The van der Waals surface area contributed by atoms with Gasteiger partial charge >= 0.3 is 5.97 Å². The molecule has 1 atom stereocenters. The molecule has 2 rings (SSSR count). The summed E-state index contributed by atoms with van der Waals surface area (Å²) in [5, 5.41) is 3.05. The third kappa shape index (κ3) is 3.31. The highest BCUT2D eigenvalue weighted by atomic mass is 16.5. The lowest BCUT2D eigenvalue weighted by Gasteiger charge is -2.11. The van der Waals surface area contributed by atoms with E-state index in [0.29, 0.717) is 6.61 Å². The van der Waals surface area contributed by atoms with Gasteiger partial charge in [-0.05, 0) is 25.5 Å². The van der Waals surface area contributed by atoms with Gasteiger partial charge in [-0.1, -0.05) is 6.07 Å². The smallest absolute Gasteiger partial charge is 0.360 e. The Bertz CT molecular complexity index is 539. The number of hydrogen-bond donors (Lipinski definition) is 1. The minimum absolute atomic E-state index is 0.0256. The van der Waals surface area contributed by atoms with Crippen molar-refractivity contribution in [1.29, 1.82) is 0 Å². The Balaban J connectivity index is 2.02. The van der Waals surface area contributed by atoms with Crippen LogP contribution < -0.4 is 5.32 Å². The minimum Gasteiger partial charge on any atom is -0.461 e. The number of carbonyl (C=O) groups excluding carboxylic acids is 1. The molecule has 6 heteroatoms. The quantitative estimate of drug-likeness (QED) is 0.833. The first kappa shape index (κ1) is 13.1. The molecule has 0 aliphatic heterocycles. The number of nitrogens with zero attached hydrogens (tertiary/aromatic N) is 2. The Kier molecular flexibility index (Phi) is 4.12. The van der Waals surface area contributed by atoms with E-state index < -0.39 is 5.97 Å². The van der Waals surface area contributed by atoms with Crippen LogP contribution in [0.3, 0.4) is 0 Å². The van der Waals surface area contributed by atoms with Crippen molar-refractivity contribution in [1.82, 2.24) is 9.97 Å². The van der Waals surface area contributed by atoms with Crippen LogP contribution in [0, 0.1) is 0 Å². The van der Waals surface area contributed by atoms with Crippen molar-refractivity contribution in [2.24, 2.45) is 0 Å². The van der Waals surface area contributed by atoms with Crippen LogP contribution in [0.1, 0.15) is 35.9 Å². The average molecular weight is 261 g/mol. The van der Waals surface area contributed by atoms with Gasteiger partial charge in [0, 0.05) is 12.4 Å². The molecule has 0 aromatic carbocycles. The van der Waals surface area contributed by atoms with Gasteiger partial charge in [-0.3, -0.25) is 4.98 Å². The highest BCUT2D eigenvalue weighted by molar-refractivity contribution is 5.87. The number of anilines is 1. The number of rotatable bonds is 5. The number of pyridine rings is 1. The summed E-state index contributed by atoms with van der Waals surface area (Å²) in [7, 11) is 0. The molecule has 0 aliphatic carbocycles. The van der Waals surface area contributed by atoms with E-state index in [9.17, 15) is 4.79 Å². The maximum Gasteiger partial charge on any atom is 0.360 e. The molecule has 0 spiro atoms. The summed E-state index contributed by atoms with van der Waals surface area (Å²) in [5.41, 5.74) is 1.15. The van der Waals surface area contributed by atoms with E-state index in [1.807, 2.05) is 19.1 Å². The lowest BCUT2D eigenvalue weighted by molar-refractivity contribution is 0.0519. The molecular weight excluding hydrogens is 246 g/mol. The number of ether oxygens (including phenoxy) is 1. The zero-order valence-corrected chi connectivity index (χ0v) is 10.8. The third-order valence-corrected chi connectivity index (χ3v) is 2.51. The van der Waals surface area contributed by atoms with Crippen molar-refractivity contribution >= 4 is 12.0 Å². The van der Waals surface area contributed by atoms with Gasteiger partial charge in [0.15, 0.2) is 5.69 Å². The van der Waals surface area contributed by atoms with Gasteiger partial charge in [0.05, 0.1) is 12.6 Å². The first-order chi connectivity index (χ1) is 9.20. The van der Waals surface area contributed by atoms with Crippen molar-refractivity contribution in [2.75, 3.05) is 11.9 Å². The topological polar surface area (TPSA) is 77.2 Å². The molecule has 0 radical (unpaired) electrons. The summed E-state index contributed by atoms with van der Waals surface area (Å²) in [6.45, 7) is 3.99. The first-order valence-corrected chi connectivity index (χ1v) is 5.99. The molecule has 0 amide bonds. The van der Waals surface area contributed by atoms with E-state index in [2.05, 4.69) is 15.3 Å². The Hall–Kier alpha value is -2.37. The Morgan fingerprint density at radius 1 is 1.58 bits per heavy atom. The number of oxazole rings is 1. The second-order valence-electron chi connectivity index (χ2n) is 3.91. The van der Waals surface area contributed by atoms with Crippen LogP contribution in [0.2, 0.25) is 0 Å². The summed E-state index contributed by atoms with van der Waals surface area (Å²) >= 11 is 0. The molecule has 6 nitrogen and oxygen atoms in total. The maximum absolute atomic E-state index is 11.4. The SMILES string of the molecule is CCOC(=O)c1coc(NC(C)c2cccnc2)n1. The zero-order valence-electron chi connectivity index (χ0n) is 10.8. The van der Waals surface area contributed by atoms with E-state index in [4.69, 9.17) is 9.15 Å². The van der Waals surface area contributed by atoms with E-state index in [1.54, 1.807) is 19.3 Å². The van der Waals surface area contributed by atoms with Gasteiger partial charge in [-0.25, -0.2) is 4.79 Å². The summed E-state index contributed by atoms with van der Waals surface area (Å²) in [6.07, 6.45) is 4.74. The Morgan fingerprint density at radius 2 is 2.42 bits per heavy atom. The second-order valence-corrected chi connectivity index (χ2v) is 3.91. The second kappa shape index (κ2) is 5.99. The van der Waals surface area contributed by atoms with Crippen molar-refractivity contribution in [2.45, 2.75) is 19.9 Å². The van der Waals surface area contributed by atoms with Crippen LogP contribution in [0.25, 0.3) is 0 Å². The molecule has 2 heterocycles. The molecule has 1 unspecified atom stereocenters. The van der Waals surface area contributed by atoms with Crippen LogP contribution in [0.4, 0.5) is 6.01 Å². The predicted molar refractivity (Wildman–Crippen MR) is 68.7 cm³/mol. The largest absolute Gasteiger partial charge is 0.461 e. The predicted octanol–water partition coefficient (Wildman–Crippen LogP) is 2.42. The molecule has 19 heavy (non-hydrogen) atoms. The number of aromatic nitrogens is 2. The van der Waals surface area contributed by atoms with Crippen molar-refractivity contribution in [3.8, 4) is 0 Å². The molecule has 0 saturated heterocycles. The Morgan fingerprint density at radius 3 is 3.11 bits per heavy atom. The van der Waals surface area contributed by atoms with Crippen LogP contribution in [0.5, 0.6) is 0 Å². The average Bonchev–Trinajstić information content (AvgIpc) is 2.88. The van der Waals surface area contributed by atoms with Crippen LogP contribution in [-0.2, 0) is 4.74 Å². The van der Waals surface area contributed by atoms with Gasteiger partial charge in [0.25, 0.3) is 6.01 Å². The van der Waals surface area contributed by atoms with Gasteiger partial charge in [-0.15, -0.1) is 0 Å². The lowest BCUT2D eigenvalue weighted by atomic mass is 10.1. The van der Waals surface area contributed by atoms with Gasteiger partial charge in [0.2, 0.25) is 0 Å². The summed E-state index contributed by atoms with van der Waals surface area (Å²) in [4.78, 5) is 19.5. The van der Waals surface area contributed by atoms with E-state index in [0.717, 1.165) is 5.56 Å². The van der Waals surface area contributed by atoms with Crippen molar-refractivity contribution in [3.63, 3.8) is 0 Å². The summed E-state index contributed by atoms with van der Waals surface area (Å²) < 4.78 is 10.0. The van der Waals surface area contributed by atoms with Gasteiger partial charge < -0.3 is 14.5 Å². The fraction of sp³-hybridized carbons (Fsp3) is 0.308. The van der Waals surface area contributed by atoms with E-state index >= 15 is 0 Å². The fourth-order valence-corrected chi connectivity index (χ4v) is 1.54. The minimum atomic E-state index is -0.492. The molecule has 1 N–H and O–H groups in total. The van der Waals surface area contributed by atoms with Crippen molar-refractivity contribution < 1.29 is 13.9 Å². The highest BCUT2D eigenvalue weighted by Gasteiger charge is 2.14. The highest BCUT2D eigenvalue weighted by Crippen LogP contribution is 2.18. The lowest BCUT2D eigenvalue weighted by Crippen LogP contribution is -2.08. The number of carbonyl (C=O) groups is 1.